The summed E-state index contributed by atoms with van der Waals surface area (Å²) in [5.41, 5.74) is 3.21. The molecular weight excluding hydrogens is 408 g/mol. The number of rotatable bonds is 6. The van der Waals surface area contributed by atoms with Crippen molar-refractivity contribution in [2.24, 2.45) is 0 Å². The van der Waals surface area contributed by atoms with Gasteiger partial charge in [-0.15, -0.1) is 0 Å². The van der Waals surface area contributed by atoms with Crippen LogP contribution in [0.15, 0.2) is 71.6 Å². The van der Waals surface area contributed by atoms with E-state index in [2.05, 4.69) is 10.0 Å². The number of carbonyl (C=O) groups excluding carboxylic acids is 1. The second-order valence-electron chi connectivity index (χ2n) is 6.71. The highest BCUT2D eigenvalue weighted by atomic mass is 35.5. The number of amides is 1. The molecule has 0 saturated carbocycles. The number of carbonyl (C=O) groups is 1. The summed E-state index contributed by atoms with van der Waals surface area (Å²) in [7, 11) is -3.75. The fourth-order valence-electron chi connectivity index (χ4n) is 2.79. The zero-order valence-electron chi connectivity index (χ0n) is 16.1. The van der Waals surface area contributed by atoms with Gasteiger partial charge in [-0.2, -0.15) is 0 Å². The fraction of sp³-hybridized carbons (Fsp3) is 0.136. The number of benzene rings is 3. The normalized spacial score (nSPS) is 11.1. The van der Waals surface area contributed by atoms with Crippen LogP contribution in [0.1, 0.15) is 27.0 Å². The Morgan fingerprint density at radius 1 is 0.931 bits per heavy atom. The molecule has 0 unspecified atom stereocenters. The Balaban J connectivity index is 1.77. The lowest BCUT2D eigenvalue weighted by Gasteiger charge is -2.14. The van der Waals surface area contributed by atoms with Gasteiger partial charge in [0.05, 0.1) is 10.6 Å². The van der Waals surface area contributed by atoms with Gasteiger partial charge in [0.1, 0.15) is 0 Å². The molecule has 3 rings (SSSR count). The standard InChI is InChI=1S/C22H21ClN2O3S/c1-15-6-12-19(13-7-15)29(27,28)25-21-5-3-4-20(16(21)2)22(26)24-14-17-8-10-18(23)11-9-17/h3-13,25H,14H2,1-2H3,(H,24,26). The van der Waals surface area contributed by atoms with Crippen LogP contribution < -0.4 is 10.0 Å². The molecule has 1 amide bonds. The van der Waals surface area contributed by atoms with Gasteiger partial charge in [0.25, 0.3) is 15.9 Å². The SMILES string of the molecule is Cc1ccc(S(=O)(=O)Nc2cccc(C(=O)NCc3ccc(Cl)cc3)c2C)cc1. The number of aryl methyl sites for hydroxylation is 1. The number of nitrogens with one attached hydrogen (secondary N) is 2. The van der Waals surface area contributed by atoms with Crippen molar-refractivity contribution in [2.45, 2.75) is 25.3 Å². The van der Waals surface area contributed by atoms with Crippen molar-refractivity contribution in [1.29, 1.82) is 0 Å². The van der Waals surface area contributed by atoms with E-state index in [-0.39, 0.29) is 10.8 Å². The van der Waals surface area contributed by atoms with Crippen molar-refractivity contribution in [3.63, 3.8) is 0 Å². The highest BCUT2D eigenvalue weighted by Crippen LogP contribution is 2.23. The maximum absolute atomic E-state index is 12.7. The van der Waals surface area contributed by atoms with Crippen LogP contribution in [-0.4, -0.2) is 14.3 Å². The molecule has 0 bridgehead atoms. The van der Waals surface area contributed by atoms with Gasteiger partial charge < -0.3 is 5.32 Å². The monoisotopic (exact) mass is 428 g/mol. The van der Waals surface area contributed by atoms with E-state index in [1.165, 1.54) is 0 Å². The number of hydrogen-bond acceptors (Lipinski definition) is 3. The number of halogens is 1. The highest BCUT2D eigenvalue weighted by molar-refractivity contribution is 7.92. The van der Waals surface area contributed by atoms with Crippen molar-refractivity contribution < 1.29 is 13.2 Å². The third-order valence-electron chi connectivity index (χ3n) is 4.52. The summed E-state index contributed by atoms with van der Waals surface area (Å²) in [6.45, 7) is 3.94. The molecule has 0 spiro atoms. The largest absolute Gasteiger partial charge is 0.348 e. The molecular formula is C22H21ClN2O3S. The Bertz CT molecular complexity index is 1130. The molecule has 0 saturated heterocycles. The minimum atomic E-state index is -3.75. The Hall–Kier alpha value is -2.83. The number of anilines is 1. The summed E-state index contributed by atoms with van der Waals surface area (Å²) >= 11 is 5.87. The zero-order chi connectivity index (χ0) is 21.0. The molecule has 3 aromatic rings. The second kappa shape index (κ2) is 8.68. The van der Waals surface area contributed by atoms with E-state index in [0.29, 0.717) is 28.4 Å². The first kappa shape index (κ1) is 20.9. The molecule has 5 nitrogen and oxygen atoms in total. The minimum absolute atomic E-state index is 0.167. The van der Waals surface area contributed by atoms with E-state index in [9.17, 15) is 13.2 Å². The van der Waals surface area contributed by atoms with E-state index in [4.69, 9.17) is 11.6 Å². The van der Waals surface area contributed by atoms with Gasteiger partial charge in [-0.3, -0.25) is 9.52 Å². The zero-order valence-corrected chi connectivity index (χ0v) is 17.6. The summed E-state index contributed by atoms with van der Waals surface area (Å²) in [4.78, 5) is 12.8. The topological polar surface area (TPSA) is 75.3 Å². The average Bonchev–Trinajstić information content (AvgIpc) is 2.69. The lowest BCUT2D eigenvalue weighted by atomic mass is 10.1. The predicted molar refractivity (Wildman–Crippen MR) is 116 cm³/mol. The minimum Gasteiger partial charge on any atom is -0.348 e. The molecule has 150 valence electrons. The van der Waals surface area contributed by atoms with Crippen LogP contribution in [0.4, 0.5) is 5.69 Å². The summed E-state index contributed by atoms with van der Waals surface area (Å²) in [6, 6.07) is 18.7. The van der Waals surface area contributed by atoms with Gasteiger partial charge in [-0.1, -0.05) is 47.5 Å². The van der Waals surface area contributed by atoms with Crippen molar-refractivity contribution in [3.05, 3.63) is 94.0 Å². The Kier molecular flexibility index (Phi) is 6.25. The van der Waals surface area contributed by atoms with E-state index in [1.807, 2.05) is 19.1 Å². The maximum Gasteiger partial charge on any atom is 0.261 e. The van der Waals surface area contributed by atoms with E-state index in [1.54, 1.807) is 61.5 Å². The molecule has 3 aromatic carbocycles. The predicted octanol–water partition coefficient (Wildman–Crippen LogP) is 4.69. The highest BCUT2D eigenvalue weighted by Gasteiger charge is 2.18. The van der Waals surface area contributed by atoms with Gasteiger partial charge in [-0.05, 0) is 61.4 Å². The molecule has 0 aliphatic carbocycles. The van der Waals surface area contributed by atoms with Crippen LogP contribution in [-0.2, 0) is 16.6 Å². The van der Waals surface area contributed by atoms with E-state index < -0.39 is 10.0 Å². The Morgan fingerprint density at radius 3 is 2.24 bits per heavy atom. The molecule has 7 heteroatoms. The lowest BCUT2D eigenvalue weighted by molar-refractivity contribution is 0.0950. The summed E-state index contributed by atoms with van der Waals surface area (Å²) in [5, 5.41) is 3.47. The molecule has 0 atom stereocenters. The molecule has 0 fully saturated rings. The third kappa shape index (κ3) is 5.16. The summed E-state index contributed by atoms with van der Waals surface area (Å²) in [6.07, 6.45) is 0. The molecule has 0 aromatic heterocycles. The van der Waals surface area contributed by atoms with Gasteiger partial charge in [0.2, 0.25) is 0 Å². The Labute approximate surface area is 175 Å². The van der Waals surface area contributed by atoms with Crippen LogP contribution >= 0.6 is 11.6 Å². The van der Waals surface area contributed by atoms with Crippen molar-refractivity contribution in [3.8, 4) is 0 Å². The quantitative estimate of drug-likeness (QED) is 0.598. The van der Waals surface area contributed by atoms with Crippen molar-refractivity contribution >= 4 is 33.2 Å². The first-order chi connectivity index (χ1) is 13.8. The number of hydrogen-bond donors (Lipinski definition) is 2. The van der Waals surface area contributed by atoms with Gasteiger partial charge in [0.15, 0.2) is 0 Å². The maximum atomic E-state index is 12.7. The average molecular weight is 429 g/mol. The summed E-state index contributed by atoms with van der Waals surface area (Å²) in [5.74, 6) is -0.283. The van der Waals surface area contributed by atoms with E-state index >= 15 is 0 Å². The first-order valence-electron chi connectivity index (χ1n) is 8.98. The fourth-order valence-corrected chi connectivity index (χ4v) is 4.04. The van der Waals surface area contributed by atoms with Crippen LogP contribution in [0.3, 0.4) is 0 Å². The van der Waals surface area contributed by atoms with Crippen molar-refractivity contribution in [1.82, 2.24) is 5.32 Å². The molecule has 0 aliphatic rings. The van der Waals surface area contributed by atoms with Crippen LogP contribution in [0.5, 0.6) is 0 Å². The summed E-state index contributed by atoms with van der Waals surface area (Å²) < 4.78 is 27.9. The van der Waals surface area contributed by atoms with Crippen LogP contribution in [0.2, 0.25) is 5.02 Å². The molecule has 0 aliphatic heterocycles. The first-order valence-corrected chi connectivity index (χ1v) is 10.8. The van der Waals surface area contributed by atoms with Gasteiger partial charge in [0, 0.05) is 17.1 Å². The van der Waals surface area contributed by atoms with Gasteiger partial charge >= 0.3 is 0 Å². The smallest absolute Gasteiger partial charge is 0.261 e. The van der Waals surface area contributed by atoms with Gasteiger partial charge in [-0.25, -0.2) is 8.42 Å². The lowest BCUT2D eigenvalue weighted by Crippen LogP contribution is -2.24. The molecule has 0 radical (unpaired) electrons. The Morgan fingerprint density at radius 2 is 1.59 bits per heavy atom. The van der Waals surface area contributed by atoms with Crippen LogP contribution in [0, 0.1) is 13.8 Å². The third-order valence-corrected chi connectivity index (χ3v) is 6.15. The van der Waals surface area contributed by atoms with Crippen LogP contribution in [0.25, 0.3) is 0 Å². The molecule has 2 N–H and O–H groups in total. The molecule has 0 heterocycles. The van der Waals surface area contributed by atoms with Crippen molar-refractivity contribution in [2.75, 3.05) is 4.72 Å². The van der Waals surface area contributed by atoms with E-state index in [0.717, 1.165) is 11.1 Å². The second-order valence-corrected chi connectivity index (χ2v) is 8.82. The molecule has 29 heavy (non-hydrogen) atoms. The number of sulfonamides is 1.